The second kappa shape index (κ2) is 7.29. The van der Waals surface area contributed by atoms with Crippen LogP contribution in [0.15, 0.2) is 30.3 Å². The molecule has 20 heavy (non-hydrogen) atoms. The Hall–Kier alpha value is -1.55. The first-order chi connectivity index (χ1) is 9.36. The van der Waals surface area contributed by atoms with Crippen LogP contribution in [0.3, 0.4) is 0 Å². The summed E-state index contributed by atoms with van der Waals surface area (Å²) in [6.07, 6.45) is 0.857. The molecule has 0 heterocycles. The first kappa shape index (κ1) is 16.5. The number of likely N-dealkylation sites (N-methyl/N-ethyl adjacent to an activating group) is 1. The Bertz CT molecular complexity index is 418. The number of carbonyl (C=O) groups is 1. The summed E-state index contributed by atoms with van der Waals surface area (Å²) in [7, 11) is 1.68. The van der Waals surface area contributed by atoms with E-state index in [-0.39, 0.29) is 24.1 Å². The Morgan fingerprint density at radius 1 is 1.35 bits per heavy atom. The first-order valence-electron chi connectivity index (χ1n) is 7.05. The summed E-state index contributed by atoms with van der Waals surface area (Å²) in [5.74, 6) is 0. The third-order valence-electron chi connectivity index (χ3n) is 3.52. The molecule has 4 nitrogen and oxygen atoms in total. The third kappa shape index (κ3) is 4.85. The maximum absolute atomic E-state index is 11.9. The molecule has 1 atom stereocenters. The zero-order chi connectivity index (χ0) is 15.2. The molecule has 0 bridgehead atoms. The molecule has 4 heteroatoms. The van der Waals surface area contributed by atoms with Crippen molar-refractivity contribution in [1.29, 1.82) is 0 Å². The van der Waals surface area contributed by atoms with Crippen molar-refractivity contribution in [3.63, 3.8) is 0 Å². The highest BCUT2D eigenvalue weighted by molar-refractivity contribution is 5.74. The molecule has 1 aromatic rings. The summed E-state index contributed by atoms with van der Waals surface area (Å²) >= 11 is 0. The lowest BCUT2D eigenvalue weighted by molar-refractivity contribution is 0.186. The maximum atomic E-state index is 11.9. The van der Waals surface area contributed by atoms with Gasteiger partial charge in [-0.15, -0.1) is 0 Å². The van der Waals surface area contributed by atoms with Gasteiger partial charge < -0.3 is 15.3 Å². The van der Waals surface area contributed by atoms with Gasteiger partial charge in [-0.05, 0) is 24.3 Å². The number of benzene rings is 1. The quantitative estimate of drug-likeness (QED) is 0.839. The highest BCUT2D eigenvalue weighted by Crippen LogP contribution is 2.28. The van der Waals surface area contributed by atoms with E-state index in [9.17, 15) is 4.79 Å². The van der Waals surface area contributed by atoms with Gasteiger partial charge in [0.1, 0.15) is 0 Å². The molecule has 0 saturated carbocycles. The molecule has 0 aliphatic heterocycles. The average Bonchev–Trinajstić information content (AvgIpc) is 2.39. The van der Waals surface area contributed by atoms with Crippen LogP contribution in [0, 0.1) is 0 Å². The van der Waals surface area contributed by atoms with Crippen molar-refractivity contribution in [2.24, 2.45) is 0 Å². The molecule has 0 aliphatic rings. The second-order valence-corrected chi connectivity index (χ2v) is 5.95. The van der Waals surface area contributed by atoms with E-state index in [1.807, 2.05) is 25.1 Å². The third-order valence-corrected chi connectivity index (χ3v) is 3.52. The van der Waals surface area contributed by atoms with Crippen LogP contribution in [-0.4, -0.2) is 42.3 Å². The molecule has 2 N–H and O–H groups in total. The minimum absolute atomic E-state index is 0.00348. The second-order valence-electron chi connectivity index (χ2n) is 5.95. The van der Waals surface area contributed by atoms with Gasteiger partial charge in [-0.25, -0.2) is 4.79 Å². The van der Waals surface area contributed by atoms with E-state index in [2.05, 4.69) is 31.3 Å². The SMILES string of the molecule is CC(CC(C)(C)c1ccccc1)NC(=O)N(C)CCO. The van der Waals surface area contributed by atoms with Crippen LogP contribution in [0.1, 0.15) is 32.8 Å². The van der Waals surface area contributed by atoms with E-state index in [4.69, 9.17) is 5.11 Å². The molecule has 0 fully saturated rings. The molecule has 0 aromatic heterocycles. The lowest BCUT2D eigenvalue weighted by atomic mass is 9.79. The van der Waals surface area contributed by atoms with Crippen LogP contribution in [-0.2, 0) is 5.41 Å². The number of aliphatic hydroxyl groups is 1. The van der Waals surface area contributed by atoms with Crippen LogP contribution >= 0.6 is 0 Å². The molecule has 0 spiro atoms. The number of carbonyl (C=O) groups excluding carboxylic acids is 1. The van der Waals surface area contributed by atoms with Gasteiger partial charge in [-0.1, -0.05) is 44.2 Å². The van der Waals surface area contributed by atoms with E-state index in [1.54, 1.807) is 7.05 Å². The highest BCUT2D eigenvalue weighted by Gasteiger charge is 2.24. The molecule has 0 aliphatic carbocycles. The van der Waals surface area contributed by atoms with E-state index >= 15 is 0 Å². The van der Waals surface area contributed by atoms with E-state index in [0.717, 1.165) is 6.42 Å². The summed E-state index contributed by atoms with van der Waals surface area (Å²) in [6, 6.07) is 10.2. The summed E-state index contributed by atoms with van der Waals surface area (Å²) in [5, 5.41) is 11.8. The van der Waals surface area contributed by atoms with Crippen molar-refractivity contribution in [2.45, 2.75) is 38.6 Å². The topological polar surface area (TPSA) is 52.6 Å². The predicted octanol–water partition coefficient (Wildman–Crippen LogP) is 2.38. The maximum Gasteiger partial charge on any atom is 0.317 e. The van der Waals surface area contributed by atoms with Crippen LogP contribution in [0.25, 0.3) is 0 Å². The summed E-state index contributed by atoms with van der Waals surface area (Å²) in [5.41, 5.74) is 1.27. The van der Waals surface area contributed by atoms with Crippen LogP contribution in [0.4, 0.5) is 4.79 Å². The lowest BCUT2D eigenvalue weighted by Crippen LogP contribution is -2.44. The van der Waals surface area contributed by atoms with E-state index < -0.39 is 0 Å². The van der Waals surface area contributed by atoms with E-state index in [1.165, 1.54) is 10.5 Å². The van der Waals surface area contributed by atoms with Crippen molar-refractivity contribution in [3.05, 3.63) is 35.9 Å². The van der Waals surface area contributed by atoms with Crippen LogP contribution < -0.4 is 5.32 Å². The molecule has 1 aromatic carbocycles. The molecule has 1 unspecified atom stereocenters. The molecule has 1 rings (SSSR count). The standard InChI is InChI=1S/C16H26N2O2/c1-13(17-15(20)18(4)10-11-19)12-16(2,3)14-8-6-5-7-9-14/h5-9,13,19H,10-12H2,1-4H3,(H,17,20). The number of rotatable bonds is 6. The fourth-order valence-electron chi connectivity index (χ4n) is 2.40. The highest BCUT2D eigenvalue weighted by atomic mass is 16.3. The van der Waals surface area contributed by atoms with Gasteiger partial charge in [0.05, 0.1) is 6.61 Å². The molecule has 0 saturated heterocycles. The van der Waals surface area contributed by atoms with Crippen molar-refractivity contribution < 1.29 is 9.90 Å². The Morgan fingerprint density at radius 2 is 1.95 bits per heavy atom. The monoisotopic (exact) mass is 278 g/mol. The largest absolute Gasteiger partial charge is 0.395 e. The molecular formula is C16H26N2O2. The Labute approximate surface area is 121 Å². The van der Waals surface area contributed by atoms with Crippen molar-refractivity contribution in [2.75, 3.05) is 20.2 Å². The zero-order valence-electron chi connectivity index (χ0n) is 12.9. The lowest BCUT2D eigenvalue weighted by Gasteiger charge is -2.30. The number of nitrogens with one attached hydrogen (secondary N) is 1. The number of hydrogen-bond donors (Lipinski definition) is 2. The summed E-state index contributed by atoms with van der Waals surface area (Å²) in [6.45, 7) is 6.70. The predicted molar refractivity (Wildman–Crippen MR) is 81.8 cm³/mol. The Kier molecular flexibility index (Phi) is 6.02. The van der Waals surface area contributed by atoms with Gasteiger partial charge >= 0.3 is 6.03 Å². The number of nitrogens with zero attached hydrogens (tertiary/aromatic N) is 1. The molecule has 112 valence electrons. The minimum atomic E-state index is -0.143. The number of amides is 2. The van der Waals surface area contributed by atoms with Crippen LogP contribution in [0.2, 0.25) is 0 Å². The first-order valence-corrected chi connectivity index (χ1v) is 7.05. The minimum Gasteiger partial charge on any atom is -0.395 e. The Balaban J connectivity index is 2.57. The van der Waals surface area contributed by atoms with Gasteiger partial charge in [0.25, 0.3) is 0 Å². The molecular weight excluding hydrogens is 252 g/mol. The molecule has 0 radical (unpaired) electrons. The van der Waals surface area contributed by atoms with Gasteiger partial charge in [0.15, 0.2) is 0 Å². The van der Waals surface area contributed by atoms with Gasteiger partial charge in [0, 0.05) is 19.6 Å². The van der Waals surface area contributed by atoms with Crippen molar-refractivity contribution in [1.82, 2.24) is 10.2 Å². The van der Waals surface area contributed by atoms with Crippen LogP contribution in [0.5, 0.6) is 0 Å². The smallest absolute Gasteiger partial charge is 0.317 e. The number of urea groups is 1. The zero-order valence-corrected chi connectivity index (χ0v) is 12.9. The van der Waals surface area contributed by atoms with Gasteiger partial charge in [-0.2, -0.15) is 0 Å². The Morgan fingerprint density at radius 3 is 2.50 bits per heavy atom. The summed E-state index contributed by atoms with van der Waals surface area (Å²) in [4.78, 5) is 13.4. The fraction of sp³-hybridized carbons (Fsp3) is 0.562. The fourth-order valence-corrected chi connectivity index (χ4v) is 2.40. The summed E-state index contributed by atoms with van der Waals surface area (Å²) < 4.78 is 0. The average molecular weight is 278 g/mol. The van der Waals surface area contributed by atoms with Gasteiger partial charge in [0.2, 0.25) is 0 Å². The van der Waals surface area contributed by atoms with Gasteiger partial charge in [-0.3, -0.25) is 0 Å². The van der Waals surface area contributed by atoms with E-state index in [0.29, 0.717) is 6.54 Å². The number of hydrogen-bond acceptors (Lipinski definition) is 2. The van der Waals surface area contributed by atoms with Crippen molar-refractivity contribution in [3.8, 4) is 0 Å². The molecule has 2 amide bonds. The van der Waals surface area contributed by atoms with Crippen molar-refractivity contribution >= 4 is 6.03 Å². The normalized spacial score (nSPS) is 12.8. The number of aliphatic hydroxyl groups excluding tert-OH is 1.